The van der Waals surface area contributed by atoms with Crippen LogP contribution in [0.2, 0.25) is 0 Å². The monoisotopic (exact) mass is 383 g/mol. The normalized spacial score (nSPS) is 20.5. The van der Waals surface area contributed by atoms with Crippen molar-refractivity contribution in [1.82, 2.24) is 4.90 Å². The van der Waals surface area contributed by atoms with Crippen LogP contribution in [-0.2, 0) is 11.2 Å². The summed E-state index contributed by atoms with van der Waals surface area (Å²) in [4.78, 5) is 4.78. The zero-order chi connectivity index (χ0) is 19.3. The number of hydrogen-bond donors (Lipinski definition) is 1. The topological polar surface area (TPSA) is 27.7 Å². The molecule has 0 amide bonds. The zero-order valence-corrected chi connectivity index (χ0v) is 16.7. The second-order valence-corrected chi connectivity index (χ2v) is 7.94. The summed E-state index contributed by atoms with van der Waals surface area (Å²) in [6.07, 6.45) is 4.12. The Bertz CT molecular complexity index is 766. The number of nitrogens with zero attached hydrogens (tertiary/aromatic N) is 2. The molecule has 0 spiro atoms. The van der Waals surface area contributed by atoms with Crippen LogP contribution in [0.1, 0.15) is 24.8 Å². The van der Waals surface area contributed by atoms with Crippen LogP contribution in [0.3, 0.4) is 0 Å². The molecule has 0 bridgehead atoms. The fraction of sp³-hybridized carbons (Fsp3) is 0.478. The molecule has 2 aromatic rings. The van der Waals surface area contributed by atoms with Crippen molar-refractivity contribution >= 4 is 17.1 Å². The smallest absolute Gasteiger partial charge is 0.126 e. The molecule has 28 heavy (non-hydrogen) atoms. The first kappa shape index (κ1) is 19.2. The standard InChI is InChI=1S/C23H30FN3O/c1-26-12-14-27(15-13-26)21-8-5-19(6-9-21)25-20-7-11-23(24)18(17-20)4-10-22-3-2-16-28-22/h5-9,11,17,22,25H,2-4,10,12-16H2,1H3. The number of aryl methyl sites for hydroxylation is 1. The highest BCUT2D eigenvalue weighted by atomic mass is 19.1. The molecule has 0 aromatic heterocycles. The van der Waals surface area contributed by atoms with Crippen LogP contribution < -0.4 is 10.2 Å². The van der Waals surface area contributed by atoms with E-state index in [9.17, 15) is 4.39 Å². The molecule has 2 aromatic carbocycles. The maximum Gasteiger partial charge on any atom is 0.126 e. The van der Waals surface area contributed by atoms with E-state index in [0.29, 0.717) is 6.42 Å². The van der Waals surface area contributed by atoms with E-state index in [-0.39, 0.29) is 11.9 Å². The van der Waals surface area contributed by atoms with E-state index < -0.39 is 0 Å². The fourth-order valence-electron chi connectivity index (χ4n) is 4.02. The molecule has 0 radical (unpaired) electrons. The Kier molecular flexibility index (Phi) is 6.13. The van der Waals surface area contributed by atoms with Crippen LogP contribution in [0.15, 0.2) is 42.5 Å². The van der Waals surface area contributed by atoms with Gasteiger partial charge < -0.3 is 19.9 Å². The highest BCUT2D eigenvalue weighted by Gasteiger charge is 2.16. The predicted molar refractivity (Wildman–Crippen MR) is 113 cm³/mol. The van der Waals surface area contributed by atoms with Crippen LogP contribution in [0.5, 0.6) is 0 Å². The Morgan fingerprint density at radius 2 is 1.79 bits per heavy atom. The van der Waals surface area contributed by atoms with Gasteiger partial charge in [0, 0.05) is 49.8 Å². The number of likely N-dealkylation sites (N-methyl/N-ethyl adjacent to an activating group) is 1. The minimum absolute atomic E-state index is 0.131. The largest absolute Gasteiger partial charge is 0.378 e. The molecule has 150 valence electrons. The molecule has 2 fully saturated rings. The van der Waals surface area contributed by atoms with Crippen molar-refractivity contribution in [2.75, 3.05) is 50.1 Å². The average Bonchev–Trinajstić information content (AvgIpc) is 3.23. The Hall–Kier alpha value is -2.11. The van der Waals surface area contributed by atoms with Crippen molar-refractivity contribution < 1.29 is 9.13 Å². The van der Waals surface area contributed by atoms with Gasteiger partial charge in [0.05, 0.1) is 6.10 Å². The molecule has 4 nitrogen and oxygen atoms in total. The summed E-state index contributed by atoms with van der Waals surface area (Å²) in [6.45, 7) is 5.18. The van der Waals surface area contributed by atoms with Crippen molar-refractivity contribution in [3.8, 4) is 0 Å². The quantitative estimate of drug-likeness (QED) is 0.799. The summed E-state index contributed by atoms with van der Waals surface area (Å²) < 4.78 is 19.9. The minimum Gasteiger partial charge on any atom is -0.378 e. The molecular formula is C23H30FN3O. The average molecular weight is 384 g/mol. The lowest BCUT2D eigenvalue weighted by Gasteiger charge is -2.34. The molecule has 1 unspecified atom stereocenters. The third-order valence-corrected chi connectivity index (χ3v) is 5.83. The lowest BCUT2D eigenvalue weighted by molar-refractivity contribution is 0.104. The second-order valence-electron chi connectivity index (χ2n) is 7.94. The highest BCUT2D eigenvalue weighted by molar-refractivity contribution is 5.63. The Morgan fingerprint density at radius 3 is 2.50 bits per heavy atom. The van der Waals surface area contributed by atoms with Crippen LogP contribution in [0, 0.1) is 5.82 Å². The Balaban J connectivity index is 1.37. The Labute approximate surface area is 167 Å². The predicted octanol–water partition coefficient (Wildman–Crippen LogP) is 4.43. The number of ether oxygens (including phenoxy) is 1. The molecule has 0 saturated carbocycles. The first-order valence-electron chi connectivity index (χ1n) is 10.4. The first-order valence-corrected chi connectivity index (χ1v) is 10.4. The summed E-state index contributed by atoms with van der Waals surface area (Å²) >= 11 is 0. The van der Waals surface area contributed by atoms with Gasteiger partial charge in [-0.1, -0.05) is 0 Å². The van der Waals surface area contributed by atoms with E-state index in [1.54, 1.807) is 12.1 Å². The third kappa shape index (κ3) is 4.83. The number of hydrogen-bond acceptors (Lipinski definition) is 4. The van der Waals surface area contributed by atoms with Crippen LogP contribution >= 0.6 is 0 Å². The lowest BCUT2D eigenvalue weighted by atomic mass is 10.0. The van der Waals surface area contributed by atoms with E-state index in [4.69, 9.17) is 4.74 Å². The van der Waals surface area contributed by atoms with Crippen molar-refractivity contribution in [2.45, 2.75) is 31.8 Å². The van der Waals surface area contributed by atoms with E-state index in [1.807, 2.05) is 6.07 Å². The van der Waals surface area contributed by atoms with Gasteiger partial charge in [0.2, 0.25) is 0 Å². The molecular weight excluding hydrogens is 353 g/mol. The molecule has 2 aliphatic rings. The van der Waals surface area contributed by atoms with E-state index in [0.717, 1.165) is 69.0 Å². The SMILES string of the molecule is CN1CCN(c2ccc(Nc3ccc(F)c(CCC4CCCO4)c3)cc2)CC1. The summed E-state index contributed by atoms with van der Waals surface area (Å²) in [5.74, 6) is -0.131. The second kappa shape index (κ2) is 8.93. The van der Waals surface area contributed by atoms with Gasteiger partial charge in [-0.2, -0.15) is 0 Å². The van der Waals surface area contributed by atoms with Gasteiger partial charge in [0.15, 0.2) is 0 Å². The third-order valence-electron chi connectivity index (χ3n) is 5.83. The number of rotatable bonds is 6. The van der Waals surface area contributed by atoms with Crippen LogP contribution in [-0.4, -0.2) is 50.8 Å². The molecule has 1 N–H and O–H groups in total. The summed E-state index contributed by atoms with van der Waals surface area (Å²) in [5.41, 5.74) is 3.97. The maximum atomic E-state index is 14.2. The van der Waals surface area contributed by atoms with E-state index in [2.05, 4.69) is 46.4 Å². The number of piperazine rings is 1. The van der Waals surface area contributed by atoms with Crippen molar-refractivity contribution in [2.24, 2.45) is 0 Å². The fourth-order valence-corrected chi connectivity index (χ4v) is 4.02. The zero-order valence-electron chi connectivity index (χ0n) is 16.7. The van der Waals surface area contributed by atoms with Crippen molar-refractivity contribution in [1.29, 1.82) is 0 Å². The van der Waals surface area contributed by atoms with Crippen molar-refractivity contribution in [3.05, 3.63) is 53.8 Å². The maximum absolute atomic E-state index is 14.2. The van der Waals surface area contributed by atoms with Gasteiger partial charge in [0.1, 0.15) is 5.82 Å². The lowest BCUT2D eigenvalue weighted by Crippen LogP contribution is -2.44. The van der Waals surface area contributed by atoms with Gasteiger partial charge in [-0.05, 0) is 80.8 Å². The van der Waals surface area contributed by atoms with Gasteiger partial charge in [-0.25, -0.2) is 4.39 Å². The van der Waals surface area contributed by atoms with Gasteiger partial charge in [-0.15, -0.1) is 0 Å². The number of anilines is 3. The van der Waals surface area contributed by atoms with Crippen LogP contribution in [0.4, 0.5) is 21.5 Å². The summed E-state index contributed by atoms with van der Waals surface area (Å²) in [5, 5.41) is 3.41. The van der Waals surface area contributed by atoms with Gasteiger partial charge in [-0.3, -0.25) is 0 Å². The summed E-state index contributed by atoms with van der Waals surface area (Å²) in [7, 11) is 2.17. The molecule has 2 saturated heterocycles. The van der Waals surface area contributed by atoms with E-state index in [1.165, 1.54) is 5.69 Å². The van der Waals surface area contributed by atoms with Gasteiger partial charge in [0.25, 0.3) is 0 Å². The molecule has 0 aliphatic carbocycles. The first-order chi connectivity index (χ1) is 13.7. The number of nitrogens with one attached hydrogen (secondary N) is 1. The highest BCUT2D eigenvalue weighted by Crippen LogP contribution is 2.25. The Morgan fingerprint density at radius 1 is 1.04 bits per heavy atom. The van der Waals surface area contributed by atoms with Crippen molar-refractivity contribution in [3.63, 3.8) is 0 Å². The molecule has 1 atom stereocenters. The van der Waals surface area contributed by atoms with E-state index >= 15 is 0 Å². The van der Waals surface area contributed by atoms with Crippen LogP contribution in [0.25, 0.3) is 0 Å². The molecule has 4 rings (SSSR count). The molecule has 2 aliphatic heterocycles. The van der Waals surface area contributed by atoms with Gasteiger partial charge >= 0.3 is 0 Å². The summed E-state index contributed by atoms with van der Waals surface area (Å²) in [6, 6.07) is 13.8. The minimum atomic E-state index is -0.131. The number of benzene rings is 2. The molecule has 5 heteroatoms. The molecule has 2 heterocycles. The number of halogens is 1.